The maximum Gasteiger partial charge on any atom is -0.0170 e. The van der Waals surface area contributed by atoms with Crippen LogP contribution in [0.15, 0.2) is 24.3 Å². The van der Waals surface area contributed by atoms with Crippen molar-refractivity contribution in [3.8, 4) is 0 Å². The smallest absolute Gasteiger partial charge is 0.0170 e. The Labute approximate surface area is 89.1 Å². The van der Waals surface area contributed by atoms with Gasteiger partial charge >= 0.3 is 0 Å². The highest BCUT2D eigenvalue weighted by Gasteiger charge is 1.89. The van der Waals surface area contributed by atoms with Crippen molar-refractivity contribution < 1.29 is 0 Å². The molecule has 79 valence electrons. The van der Waals surface area contributed by atoms with Gasteiger partial charge < -0.3 is 0 Å². The van der Waals surface area contributed by atoms with Crippen LogP contribution in [0, 0.1) is 6.42 Å². The zero-order valence-electron chi connectivity index (χ0n) is 9.25. The summed E-state index contributed by atoms with van der Waals surface area (Å²) in [6.45, 7) is 0. The van der Waals surface area contributed by atoms with E-state index in [0.29, 0.717) is 0 Å². The molecule has 0 saturated carbocycles. The van der Waals surface area contributed by atoms with Gasteiger partial charge in [0.1, 0.15) is 0 Å². The van der Waals surface area contributed by atoms with Gasteiger partial charge in [0, 0.05) is 0 Å². The van der Waals surface area contributed by atoms with Gasteiger partial charge in [0.2, 0.25) is 0 Å². The minimum atomic E-state index is 1.24. The molecule has 0 aromatic rings. The molecular formula is C14H23. The molecule has 0 saturated heterocycles. The van der Waals surface area contributed by atoms with Crippen molar-refractivity contribution in [1.29, 1.82) is 0 Å². The number of rotatable bonds is 0. The summed E-state index contributed by atoms with van der Waals surface area (Å²) in [5, 5.41) is 0. The summed E-state index contributed by atoms with van der Waals surface area (Å²) >= 11 is 0. The summed E-state index contributed by atoms with van der Waals surface area (Å²) in [4.78, 5) is 0. The molecule has 0 N–H and O–H groups in total. The average molecular weight is 191 g/mol. The van der Waals surface area contributed by atoms with Gasteiger partial charge in [-0.1, -0.05) is 37.1 Å². The number of hydrogen-bond donors (Lipinski definition) is 0. The van der Waals surface area contributed by atoms with Crippen molar-refractivity contribution in [2.75, 3.05) is 0 Å². The Morgan fingerprint density at radius 2 is 1.14 bits per heavy atom. The molecule has 0 spiro atoms. The van der Waals surface area contributed by atoms with Crippen LogP contribution in [-0.2, 0) is 0 Å². The van der Waals surface area contributed by atoms with E-state index in [9.17, 15) is 0 Å². The minimum Gasteiger partial charge on any atom is -0.0885 e. The molecule has 0 amide bonds. The van der Waals surface area contributed by atoms with Crippen molar-refractivity contribution in [1.82, 2.24) is 0 Å². The molecule has 0 heteroatoms. The van der Waals surface area contributed by atoms with E-state index in [1.54, 1.807) is 0 Å². The zero-order valence-corrected chi connectivity index (χ0v) is 9.25. The van der Waals surface area contributed by atoms with Crippen LogP contribution in [0.1, 0.15) is 57.8 Å². The van der Waals surface area contributed by atoms with Crippen LogP contribution < -0.4 is 0 Å². The fraction of sp³-hybridized carbons (Fsp3) is 0.643. The fourth-order valence-corrected chi connectivity index (χ4v) is 1.76. The Morgan fingerprint density at radius 1 is 0.500 bits per heavy atom. The molecule has 0 aromatic carbocycles. The van der Waals surface area contributed by atoms with Crippen LogP contribution in [-0.4, -0.2) is 0 Å². The summed E-state index contributed by atoms with van der Waals surface area (Å²) in [5.74, 6) is 0. The Balaban J connectivity index is 2.16. The van der Waals surface area contributed by atoms with Gasteiger partial charge in [-0.2, -0.15) is 0 Å². The Hall–Kier alpha value is -0.520. The van der Waals surface area contributed by atoms with Crippen LogP contribution in [0.25, 0.3) is 0 Å². The van der Waals surface area contributed by atoms with Crippen molar-refractivity contribution >= 4 is 0 Å². The lowest BCUT2D eigenvalue weighted by molar-refractivity contribution is 0.650. The van der Waals surface area contributed by atoms with E-state index in [2.05, 4.69) is 30.7 Å². The van der Waals surface area contributed by atoms with Crippen LogP contribution in [0.2, 0.25) is 0 Å². The van der Waals surface area contributed by atoms with Crippen molar-refractivity contribution in [3.05, 3.63) is 30.7 Å². The van der Waals surface area contributed by atoms with E-state index < -0.39 is 0 Å². The Morgan fingerprint density at radius 3 is 1.93 bits per heavy atom. The topological polar surface area (TPSA) is 0 Å². The molecule has 0 fully saturated rings. The molecule has 0 bridgehead atoms. The van der Waals surface area contributed by atoms with Crippen LogP contribution in [0.3, 0.4) is 0 Å². The second kappa shape index (κ2) is 9.05. The average Bonchev–Trinajstić information content (AvgIpc) is 2.22. The molecular weight excluding hydrogens is 168 g/mol. The van der Waals surface area contributed by atoms with E-state index in [1.807, 2.05) is 0 Å². The third kappa shape index (κ3) is 6.94. The molecule has 0 aliphatic heterocycles. The van der Waals surface area contributed by atoms with Crippen LogP contribution >= 0.6 is 0 Å². The highest BCUT2D eigenvalue weighted by molar-refractivity contribution is 4.95. The van der Waals surface area contributed by atoms with Gasteiger partial charge in [0.05, 0.1) is 0 Å². The van der Waals surface area contributed by atoms with Crippen molar-refractivity contribution in [3.63, 3.8) is 0 Å². The summed E-state index contributed by atoms with van der Waals surface area (Å²) in [5.41, 5.74) is 0. The maximum atomic E-state index is 2.36. The van der Waals surface area contributed by atoms with E-state index in [0.717, 1.165) is 0 Å². The summed E-state index contributed by atoms with van der Waals surface area (Å²) < 4.78 is 0. The molecule has 0 aromatic heterocycles. The van der Waals surface area contributed by atoms with Crippen molar-refractivity contribution in [2.45, 2.75) is 57.8 Å². The first-order valence-electron chi connectivity index (χ1n) is 6.13. The van der Waals surface area contributed by atoms with Gasteiger partial charge in [0.15, 0.2) is 0 Å². The predicted molar refractivity (Wildman–Crippen MR) is 64.1 cm³/mol. The first-order chi connectivity index (χ1) is 7.00. The largest absolute Gasteiger partial charge is 0.0885 e. The van der Waals surface area contributed by atoms with E-state index >= 15 is 0 Å². The molecule has 0 unspecified atom stereocenters. The van der Waals surface area contributed by atoms with E-state index in [1.165, 1.54) is 57.8 Å². The molecule has 1 rings (SSSR count). The second-order valence-corrected chi connectivity index (χ2v) is 4.06. The van der Waals surface area contributed by atoms with Gasteiger partial charge in [-0.05, 0) is 51.4 Å². The van der Waals surface area contributed by atoms with E-state index in [4.69, 9.17) is 0 Å². The highest BCUT2D eigenvalue weighted by Crippen LogP contribution is 2.09. The van der Waals surface area contributed by atoms with Crippen LogP contribution in [0.4, 0.5) is 0 Å². The Kier molecular flexibility index (Phi) is 7.47. The monoisotopic (exact) mass is 191 g/mol. The summed E-state index contributed by atoms with van der Waals surface area (Å²) in [6.07, 6.45) is 23.5. The van der Waals surface area contributed by atoms with E-state index in [-0.39, 0.29) is 0 Å². The van der Waals surface area contributed by atoms with Gasteiger partial charge in [-0.25, -0.2) is 0 Å². The lowest BCUT2D eigenvalue weighted by Crippen LogP contribution is -1.79. The summed E-state index contributed by atoms with van der Waals surface area (Å²) in [7, 11) is 0. The predicted octanol–water partition coefficient (Wildman–Crippen LogP) is 4.83. The lowest BCUT2D eigenvalue weighted by atomic mass is 10.1. The molecule has 0 nitrogen and oxygen atoms in total. The molecule has 1 aliphatic carbocycles. The first kappa shape index (κ1) is 11.6. The number of hydrogen-bond acceptors (Lipinski definition) is 0. The lowest BCUT2D eigenvalue weighted by Gasteiger charge is -1.99. The second-order valence-electron chi connectivity index (χ2n) is 4.06. The summed E-state index contributed by atoms with van der Waals surface area (Å²) in [6, 6.07) is 0. The van der Waals surface area contributed by atoms with Crippen LogP contribution in [0.5, 0.6) is 0 Å². The highest BCUT2D eigenvalue weighted by atomic mass is 14.0. The third-order valence-corrected chi connectivity index (χ3v) is 2.67. The molecule has 1 aliphatic rings. The number of allylic oxidation sites excluding steroid dienone is 4. The SMILES string of the molecule is [CH]1C=CCCCCCCC=CCCC1. The van der Waals surface area contributed by atoms with Gasteiger partial charge in [-0.15, -0.1) is 0 Å². The first-order valence-corrected chi connectivity index (χ1v) is 6.13. The zero-order chi connectivity index (χ0) is 9.90. The van der Waals surface area contributed by atoms with Crippen molar-refractivity contribution in [2.24, 2.45) is 0 Å². The van der Waals surface area contributed by atoms with Gasteiger partial charge in [0.25, 0.3) is 0 Å². The Bertz CT molecular complexity index is 145. The standard InChI is InChI=1S/C14H23/c1-2-4-6-8-10-12-14-13-11-9-7-5-3-1/h1-3,10,12H,4-9,11,13-14H2. The minimum absolute atomic E-state index is 1.24. The fourth-order valence-electron chi connectivity index (χ4n) is 1.76. The normalized spacial score (nSPS) is 21.7. The third-order valence-electron chi connectivity index (χ3n) is 2.67. The molecule has 14 heavy (non-hydrogen) atoms. The quantitative estimate of drug-likeness (QED) is 0.481. The molecule has 1 radical (unpaired) electrons. The molecule has 0 atom stereocenters. The molecule has 0 heterocycles. The van der Waals surface area contributed by atoms with Gasteiger partial charge in [-0.3, -0.25) is 0 Å². The maximum absolute atomic E-state index is 2.36.